The van der Waals surface area contributed by atoms with Gasteiger partial charge in [-0.05, 0) is 98.0 Å². The first-order chi connectivity index (χ1) is 21.0. The lowest BCUT2D eigenvalue weighted by Gasteiger charge is -2.43. The maximum absolute atomic E-state index is 14.6. The minimum absolute atomic E-state index is 0.00814. The number of carboxylic acids is 1. The van der Waals surface area contributed by atoms with Crippen molar-refractivity contribution in [3.05, 3.63) is 93.2 Å². The molecule has 1 amide bonds. The SMILES string of the molecule is O=C(O)[C@H]1CC[C@H](C(=O)N2CC[C@@]3(S(=O)(=O)c4ccc(F)cc4)c4ccc(COc5c(Cl)cccc5Cl)cc4CC[C@@H]23)CC1. The number of benzene rings is 3. The van der Waals surface area contributed by atoms with Gasteiger partial charge >= 0.3 is 5.97 Å². The van der Waals surface area contributed by atoms with E-state index in [1.54, 1.807) is 23.1 Å². The molecule has 0 unspecified atom stereocenters. The third-order valence-corrected chi connectivity index (χ3v) is 12.7. The van der Waals surface area contributed by atoms with Gasteiger partial charge in [0.05, 0.1) is 26.9 Å². The van der Waals surface area contributed by atoms with Gasteiger partial charge < -0.3 is 14.7 Å². The van der Waals surface area contributed by atoms with Crippen molar-refractivity contribution in [1.29, 1.82) is 0 Å². The molecule has 0 spiro atoms. The Morgan fingerprint density at radius 1 is 0.955 bits per heavy atom. The second-order valence-electron chi connectivity index (χ2n) is 11.9. The molecule has 6 rings (SSSR count). The fourth-order valence-corrected chi connectivity index (χ4v) is 10.2. The van der Waals surface area contributed by atoms with Crippen LogP contribution < -0.4 is 4.74 Å². The molecule has 1 saturated heterocycles. The van der Waals surface area contributed by atoms with Gasteiger partial charge in [-0.15, -0.1) is 0 Å². The largest absolute Gasteiger partial charge is 0.486 e. The number of carboxylic acid groups (broad SMARTS) is 1. The van der Waals surface area contributed by atoms with Crippen LogP contribution >= 0.6 is 23.2 Å². The lowest BCUT2D eigenvalue weighted by atomic mass is 9.77. The number of hydrogen-bond acceptors (Lipinski definition) is 5. The van der Waals surface area contributed by atoms with Crippen LogP contribution in [0.1, 0.15) is 55.2 Å². The summed E-state index contributed by atoms with van der Waals surface area (Å²) in [5, 5.41) is 10.2. The Balaban J connectivity index is 1.35. The van der Waals surface area contributed by atoms with E-state index < -0.39 is 38.3 Å². The number of aliphatic carboxylic acids is 1. The topological polar surface area (TPSA) is 101 Å². The molecule has 2 fully saturated rings. The van der Waals surface area contributed by atoms with Gasteiger partial charge in [0.1, 0.15) is 17.2 Å². The van der Waals surface area contributed by atoms with Crippen LogP contribution in [0.5, 0.6) is 5.75 Å². The summed E-state index contributed by atoms with van der Waals surface area (Å²) in [6.45, 7) is 0.430. The predicted octanol–water partition coefficient (Wildman–Crippen LogP) is 6.82. The molecule has 2 aliphatic carbocycles. The third-order valence-electron chi connectivity index (χ3n) is 9.57. The number of nitrogens with zero attached hydrogens (tertiary/aromatic N) is 1. The fourth-order valence-electron chi connectivity index (χ4n) is 7.36. The van der Waals surface area contributed by atoms with Gasteiger partial charge in [0, 0.05) is 12.5 Å². The predicted molar refractivity (Wildman–Crippen MR) is 164 cm³/mol. The number of likely N-dealkylation sites (tertiary alicyclic amines) is 1. The standard InChI is InChI=1S/C33H32Cl2FNO6S/c34-27-2-1-3-28(35)30(27)43-19-20-4-14-26-23(18-20)9-15-29-33(26,44(41,42)25-12-10-24(36)11-13-25)16-17-37(29)31(38)21-5-7-22(8-6-21)32(39)40/h1-4,10-14,18,21-22,29H,5-9,15-17,19H2,(H,39,40)/t21-,22-,29-,33-/m1/s1. The van der Waals surface area contributed by atoms with Gasteiger partial charge in [-0.25, -0.2) is 12.8 Å². The number of carbonyl (C=O) groups is 2. The summed E-state index contributed by atoms with van der Waals surface area (Å²) in [6, 6.07) is 14.9. The van der Waals surface area contributed by atoms with Crippen molar-refractivity contribution in [2.24, 2.45) is 11.8 Å². The van der Waals surface area contributed by atoms with E-state index in [4.69, 9.17) is 27.9 Å². The normalized spacial score (nSPS) is 24.8. The zero-order valence-electron chi connectivity index (χ0n) is 23.8. The number of sulfone groups is 1. The monoisotopic (exact) mass is 659 g/mol. The summed E-state index contributed by atoms with van der Waals surface area (Å²) in [4.78, 5) is 27.1. The zero-order chi connectivity index (χ0) is 31.2. The van der Waals surface area contributed by atoms with E-state index in [1.807, 2.05) is 18.2 Å². The highest BCUT2D eigenvalue weighted by Gasteiger charge is 2.61. The molecule has 7 nitrogen and oxygen atoms in total. The molecule has 1 N–H and O–H groups in total. The summed E-state index contributed by atoms with van der Waals surface area (Å²) >= 11 is 12.5. The third kappa shape index (κ3) is 5.26. The maximum atomic E-state index is 14.6. The van der Waals surface area contributed by atoms with Crippen LogP contribution in [0, 0.1) is 17.7 Å². The van der Waals surface area contributed by atoms with Gasteiger partial charge in [0.15, 0.2) is 15.6 Å². The number of amides is 1. The molecule has 232 valence electrons. The molecule has 1 aliphatic heterocycles. The molecule has 0 radical (unpaired) electrons. The van der Waals surface area contributed by atoms with Gasteiger partial charge in [0.25, 0.3) is 0 Å². The summed E-state index contributed by atoms with van der Waals surface area (Å²) in [7, 11) is -4.09. The van der Waals surface area contributed by atoms with Gasteiger partial charge in [0.2, 0.25) is 5.91 Å². The van der Waals surface area contributed by atoms with Crippen molar-refractivity contribution in [2.75, 3.05) is 6.54 Å². The van der Waals surface area contributed by atoms with Gasteiger partial charge in [-0.2, -0.15) is 0 Å². The second-order valence-corrected chi connectivity index (χ2v) is 14.9. The highest BCUT2D eigenvalue weighted by atomic mass is 35.5. The lowest BCUT2D eigenvalue weighted by Crippen LogP contribution is -2.53. The summed E-state index contributed by atoms with van der Waals surface area (Å²) in [5.41, 5.74) is 2.31. The molecule has 11 heteroatoms. The number of halogens is 3. The number of para-hydroxylation sites is 1. The van der Waals surface area contributed by atoms with E-state index in [0.29, 0.717) is 59.9 Å². The van der Waals surface area contributed by atoms with Crippen molar-refractivity contribution in [1.82, 2.24) is 4.90 Å². The first-order valence-corrected chi connectivity index (χ1v) is 17.0. The first-order valence-electron chi connectivity index (χ1n) is 14.8. The second kappa shape index (κ2) is 12.0. The molecule has 3 aromatic carbocycles. The fraction of sp³-hybridized carbons (Fsp3) is 0.394. The number of fused-ring (bicyclic) bond motifs is 3. The maximum Gasteiger partial charge on any atom is 0.306 e. The minimum Gasteiger partial charge on any atom is -0.486 e. The molecule has 44 heavy (non-hydrogen) atoms. The molecule has 1 saturated carbocycles. The Bertz CT molecular complexity index is 1690. The zero-order valence-corrected chi connectivity index (χ0v) is 26.2. The average molecular weight is 661 g/mol. The van der Waals surface area contributed by atoms with E-state index in [0.717, 1.165) is 23.3 Å². The molecule has 0 bridgehead atoms. The van der Waals surface area contributed by atoms with Crippen LogP contribution in [0.25, 0.3) is 0 Å². The molecular formula is C33H32Cl2FNO6S. The molecular weight excluding hydrogens is 628 g/mol. The minimum atomic E-state index is -4.09. The van der Waals surface area contributed by atoms with Gasteiger partial charge in [-0.1, -0.05) is 47.5 Å². The molecule has 0 aromatic heterocycles. The Labute approximate surface area is 265 Å². The van der Waals surface area contributed by atoms with Crippen molar-refractivity contribution in [3.8, 4) is 5.75 Å². The quantitative estimate of drug-likeness (QED) is 0.279. The Hall–Kier alpha value is -3.14. The molecule has 3 aliphatic rings. The van der Waals surface area contributed by atoms with Crippen molar-refractivity contribution < 1.29 is 32.2 Å². The van der Waals surface area contributed by atoms with Crippen LogP contribution in [0.2, 0.25) is 10.0 Å². The highest BCUT2D eigenvalue weighted by molar-refractivity contribution is 7.92. The van der Waals surface area contributed by atoms with E-state index >= 15 is 0 Å². The smallest absolute Gasteiger partial charge is 0.306 e. The Morgan fingerprint density at radius 3 is 2.27 bits per heavy atom. The number of hydrogen-bond donors (Lipinski definition) is 1. The summed E-state index contributed by atoms with van der Waals surface area (Å²) in [5.74, 6) is -1.92. The number of ether oxygens (including phenoxy) is 1. The van der Waals surface area contributed by atoms with Crippen molar-refractivity contribution in [2.45, 2.75) is 67.2 Å². The van der Waals surface area contributed by atoms with E-state index in [1.165, 1.54) is 12.1 Å². The lowest BCUT2D eigenvalue weighted by molar-refractivity contribution is -0.146. The highest BCUT2D eigenvalue weighted by Crippen LogP contribution is 2.53. The Morgan fingerprint density at radius 2 is 1.61 bits per heavy atom. The van der Waals surface area contributed by atoms with Crippen LogP contribution in [-0.2, 0) is 37.2 Å². The van der Waals surface area contributed by atoms with Crippen LogP contribution in [0.15, 0.2) is 65.6 Å². The molecule has 1 heterocycles. The summed E-state index contributed by atoms with van der Waals surface area (Å²) < 4.78 is 47.6. The molecule has 2 atom stereocenters. The van der Waals surface area contributed by atoms with E-state index in [-0.39, 0.29) is 36.3 Å². The molecule has 3 aromatic rings. The van der Waals surface area contributed by atoms with E-state index in [2.05, 4.69) is 0 Å². The number of rotatable bonds is 7. The van der Waals surface area contributed by atoms with Crippen molar-refractivity contribution >= 4 is 44.9 Å². The summed E-state index contributed by atoms with van der Waals surface area (Å²) in [6.07, 6.45) is 2.97. The first kappa shape index (κ1) is 30.9. The number of aryl methyl sites for hydroxylation is 1. The van der Waals surface area contributed by atoms with Crippen LogP contribution in [0.3, 0.4) is 0 Å². The average Bonchev–Trinajstić information content (AvgIpc) is 3.42. The van der Waals surface area contributed by atoms with Crippen LogP contribution in [-0.4, -0.2) is 42.9 Å². The van der Waals surface area contributed by atoms with E-state index in [9.17, 15) is 27.5 Å². The van der Waals surface area contributed by atoms with Crippen molar-refractivity contribution in [3.63, 3.8) is 0 Å². The Kier molecular flexibility index (Phi) is 8.41. The van der Waals surface area contributed by atoms with Crippen LogP contribution in [0.4, 0.5) is 4.39 Å². The van der Waals surface area contributed by atoms with Gasteiger partial charge in [-0.3, -0.25) is 9.59 Å². The number of carbonyl (C=O) groups excluding carboxylic acids is 1.